The van der Waals surface area contributed by atoms with Crippen LogP contribution in [0.25, 0.3) is 0 Å². The normalized spacial score (nSPS) is 11.7. The third-order valence-corrected chi connectivity index (χ3v) is 2.62. The number of benzene rings is 1. The molecule has 0 aromatic heterocycles. The smallest absolute Gasteiger partial charge is 0.207 e. The van der Waals surface area contributed by atoms with E-state index in [1.165, 1.54) is 12.5 Å². The van der Waals surface area contributed by atoms with Gasteiger partial charge < -0.3 is 0 Å². The zero-order valence-corrected chi connectivity index (χ0v) is 9.18. The largest absolute Gasteiger partial charge is 0.247 e. The van der Waals surface area contributed by atoms with Crippen molar-refractivity contribution in [2.75, 3.05) is 0 Å². The third kappa shape index (κ3) is 4.91. The molecule has 0 radical (unpaired) electrons. The molecule has 0 saturated heterocycles. The lowest BCUT2D eigenvalue weighted by atomic mass is 10.0. The maximum absolute atomic E-state index is 12.9. The molecule has 1 rings (SSSR count). The van der Waals surface area contributed by atoms with Crippen molar-refractivity contribution >= 4 is 0 Å². The van der Waals surface area contributed by atoms with Crippen LogP contribution in [0.1, 0.15) is 38.2 Å². The first-order valence-corrected chi connectivity index (χ1v) is 5.56. The first kappa shape index (κ1) is 12.2. The van der Waals surface area contributed by atoms with Gasteiger partial charge in [0.25, 0.3) is 0 Å². The highest BCUT2D eigenvalue weighted by Crippen LogP contribution is 2.24. The van der Waals surface area contributed by atoms with Gasteiger partial charge in [0.1, 0.15) is 0 Å². The number of halogens is 2. The minimum absolute atomic E-state index is 0.0241. The summed E-state index contributed by atoms with van der Waals surface area (Å²) < 4.78 is 25.8. The van der Waals surface area contributed by atoms with Crippen LogP contribution in [-0.4, -0.2) is 5.92 Å². The molecule has 84 valence electrons. The van der Waals surface area contributed by atoms with E-state index in [4.69, 9.17) is 0 Å². The zero-order chi connectivity index (χ0) is 11.1. The molecule has 0 bridgehead atoms. The summed E-state index contributed by atoms with van der Waals surface area (Å²) >= 11 is 0. The molecular formula is C13H18F2. The van der Waals surface area contributed by atoms with Crippen molar-refractivity contribution in [3.63, 3.8) is 0 Å². The van der Waals surface area contributed by atoms with Crippen LogP contribution in [0.4, 0.5) is 8.78 Å². The predicted octanol–water partition coefficient (Wildman–Crippen LogP) is 4.44. The Kier molecular flexibility index (Phi) is 4.73. The lowest BCUT2D eigenvalue weighted by molar-refractivity contribution is -0.0135. The molecule has 0 aliphatic carbocycles. The van der Waals surface area contributed by atoms with Gasteiger partial charge in [0.05, 0.1) is 0 Å². The van der Waals surface area contributed by atoms with Gasteiger partial charge in [-0.3, -0.25) is 0 Å². The molecule has 0 fully saturated rings. The van der Waals surface area contributed by atoms with Crippen molar-refractivity contribution in [1.29, 1.82) is 0 Å². The van der Waals surface area contributed by atoms with Gasteiger partial charge in [0.2, 0.25) is 5.92 Å². The van der Waals surface area contributed by atoms with E-state index in [2.05, 4.69) is 0 Å². The summed E-state index contributed by atoms with van der Waals surface area (Å²) in [5.74, 6) is -2.46. The molecular weight excluding hydrogens is 194 g/mol. The van der Waals surface area contributed by atoms with E-state index in [1.54, 1.807) is 0 Å². The molecule has 0 spiro atoms. The Bertz CT molecular complexity index is 267. The summed E-state index contributed by atoms with van der Waals surface area (Å²) in [7, 11) is 0. The van der Waals surface area contributed by atoms with Crippen LogP contribution in [0.15, 0.2) is 30.3 Å². The van der Waals surface area contributed by atoms with Crippen molar-refractivity contribution < 1.29 is 8.78 Å². The quantitative estimate of drug-likeness (QED) is 0.611. The fourth-order valence-corrected chi connectivity index (χ4v) is 1.53. The summed E-state index contributed by atoms with van der Waals surface area (Å²) in [6, 6.07) is 10.0. The van der Waals surface area contributed by atoms with Gasteiger partial charge in [-0.1, -0.05) is 37.3 Å². The van der Waals surface area contributed by atoms with Crippen LogP contribution < -0.4 is 0 Å². The predicted molar refractivity (Wildman–Crippen MR) is 59.2 cm³/mol. The monoisotopic (exact) mass is 212 g/mol. The highest BCUT2D eigenvalue weighted by molar-refractivity contribution is 5.14. The van der Waals surface area contributed by atoms with Crippen molar-refractivity contribution in [3.8, 4) is 0 Å². The lowest BCUT2D eigenvalue weighted by Gasteiger charge is -2.13. The molecule has 0 nitrogen and oxygen atoms in total. The minimum atomic E-state index is -2.46. The molecule has 0 N–H and O–H groups in total. The molecule has 0 atom stereocenters. The van der Waals surface area contributed by atoms with Gasteiger partial charge in [0.15, 0.2) is 0 Å². The minimum Gasteiger partial charge on any atom is -0.207 e. The second kappa shape index (κ2) is 5.84. The summed E-state index contributed by atoms with van der Waals surface area (Å²) in [5.41, 5.74) is 1.23. The van der Waals surface area contributed by atoms with Crippen molar-refractivity contribution in [1.82, 2.24) is 0 Å². The number of hydrogen-bond donors (Lipinski definition) is 0. The van der Waals surface area contributed by atoms with E-state index in [0.717, 1.165) is 12.8 Å². The second-order valence-corrected chi connectivity index (χ2v) is 3.90. The van der Waals surface area contributed by atoms with Crippen LogP contribution >= 0.6 is 0 Å². The Morgan fingerprint density at radius 3 is 2.33 bits per heavy atom. The Morgan fingerprint density at radius 1 is 1.07 bits per heavy atom. The molecule has 1 aromatic rings. The van der Waals surface area contributed by atoms with Crippen LogP contribution in [0.2, 0.25) is 0 Å². The zero-order valence-electron chi connectivity index (χ0n) is 9.18. The van der Waals surface area contributed by atoms with Gasteiger partial charge in [-0.2, -0.15) is 0 Å². The van der Waals surface area contributed by atoms with E-state index < -0.39 is 5.92 Å². The Hall–Kier alpha value is -0.920. The number of aryl methyl sites for hydroxylation is 1. The van der Waals surface area contributed by atoms with Crippen LogP contribution in [0.3, 0.4) is 0 Å². The summed E-state index contributed by atoms with van der Waals surface area (Å²) in [6.45, 7) is 1.54. The van der Waals surface area contributed by atoms with Crippen molar-refractivity contribution in [2.45, 2.75) is 45.0 Å². The molecule has 0 unspecified atom stereocenters. The second-order valence-electron chi connectivity index (χ2n) is 3.90. The molecule has 0 amide bonds. The Labute approximate surface area is 90.3 Å². The maximum Gasteiger partial charge on any atom is 0.247 e. The first-order chi connectivity index (χ1) is 7.14. The first-order valence-electron chi connectivity index (χ1n) is 5.56. The van der Waals surface area contributed by atoms with Crippen LogP contribution in [0.5, 0.6) is 0 Å². The molecule has 0 aliphatic heterocycles. The number of unbranched alkanes of at least 4 members (excludes halogenated alkanes) is 1. The maximum atomic E-state index is 12.9. The van der Waals surface area contributed by atoms with Gasteiger partial charge >= 0.3 is 0 Å². The summed E-state index contributed by atoms with van der Waals surface area (Å²) in [6.07, 6.45) is 2.34. The Balaban J connectivity index is 2.18. The average Bonchev–Trinajstić information content (AvgIpc) is 2.26. The van der Waals surface area contributed by atoms with Gasteiger partial charge in [-0.05, 0) is 24.8 Å². The van der Waals surface area contributed by atoms with Crippen molar-refractivity contribution in [2.24, 2.45) is 0 Å². The average molecular weight is 212 g/mol. The standard InChI is InChI=1S/C13H18F2/c1-2-13(14,15)11-7-6-10-12-8-4-3-5-9-12/h3-5,8-9H,2,6-7,10-11H2,1H3. The molecule has 0 aliphatic rings. The lowest BCUT2D eigenvalue weighted by Crippen LogP contribution is -2.13. The van der Waals surface area contributed by atoms with E-state index in [0.29, 0.717) is 6.42 Å². The van der Waals surface area contributed by atoms with E-state index in [-0.39, 0.29) is 12.8 Å². The SMILES string of the molecule is CCC(F)(F)CCCCc1ccccc1. The molecule has 2 heteroatoms. The highest BCUT2D eigenvalue weighted by atomic mass is 19.3. The Morgan fingerprint density at radius 2 is 1.73 bits per heavy atom. The fraction of sp³-hybridized carbons (Fsp3) is 0.538. The van der Waals surface area contributed by atoms with Crippen molar-refractivity contribution in [3.05, 3.63) is 35.9 Å². The number of hydrogen-bond acceptors (Lipinski definition) is 0. The van der Waals surface area contributed by atoms with Crippen LogP contribution in [-0.2, 0) is 6.42 Å². The van der Waals surface area contributed by atoms with Gasteiger partial charge in [0, 0.05) is 12.8 Å². The molecule has 0 saturated carbocycles. The highest BCUT2D eigenvalue weighted by Gasteiger charge is 2.24. The fourth-order valence-electron chi connectivity index (χ4n) is 1.53. The third-order valence-electron chi connectivity index (χ3n) is 2.62. The van der Waals surface area contributed by atoms with Gasteiger partial charge in [-0.15, -0.1) is 0 Å². The topological polar surface area (TPSA) is 0 Å². The molecule has 1 aromatic carbocycles. The van der Waals surface area contributed by atoms with E-state index in [9.17, 15) is 8.78 Å². The molecule has 0 heterocycles. The molecule has 15 heavy (non-hydrogen) atoms. The summed E-state index contributed by atoms with van der Waals surface area (Å²) in [4.78, 5) is 0. The van der Waals surface area contributed by atoms with E-state index >= 15 is 0 Å². The van der Waals surface area contributed by atoms with E-state index in [1.807, 2.05) is 30.3 Å². The number of rotatable bonds is 6. The van der Waals surface area contributed by atoms with Gasteiger partial charge in [-0.25, -0.2) is 8.78 Å². The summed E-state index contributed by atoms with van der Waals surface area (Å²) in [5, 5.41) is 0. The van der Waals surface area contributed by atoms with Crippen LogP contribution in [0, 0.1) is 0 Å². The number of alkyl halides is 2.